The van der Waals surface area contributed by atoms with Crippen LogP contribution in [0.15, 0.2) is 18.2 Å². The van der Waals surface area contributed by atoms with Gasteiger partial charge in [-0.05, 0) is 37.1 Å². The van der Waals surface area contributed by atoms with E-state index in [2.05, 4.69) is 5.32 Å². The van der Waals surface area contributed by atoms with Gasteiger partial charge in [0.15, 0.2) is 0 Å². The molecule has 3 N–H and O–H groups in total. The molecule has 0 aromatic heterocycles. The van der Waals surface area contributed by atoms with Crippen LogP contribution >= 0.6 is 11.6 Å². The third-order valence-corrected chi connectivity index (χ3v) is 2.65. The lowest BCUT2D eigenvalue weighted by Crippen LogP contribution is -2.18. The van der Waals surface area contributed by atoms with Crippen LogP contribution in [0.4, 0.5) is 0 Å². The molecule has 1 amide bonds. The van der Waals surface area contributed by atoms with E-state index in [-0.39, 0.29) is 5.91 Å². The molecule has 0 heterocycles. The maximum absolute atomic E-state index is 10.5. The standard InChI is InChI=1S/C12H17ClN2O/c1-9-4-5-10(11(13)7-9)8-15-6-2-3-12(14)16/h4-5,7,15H,2-3,6,8H2,1H3,(H2,14,16). The normalized spacial score (nSPS) is 10.4. The van der Waals surface area contributed by atoms with Crippen LogP contribution in [0.5, 0.6) is 0 Å². The van der Waals surface area contributed by atoms with Crippen LogP contribution in [0.25, 0.3) is 0 Å². The highest BCUT2D eigenvalue weighted by Crippen LogP contribution is 2.17. The molecule has 0 bridgehead atoms. The van der Waals surface area contributed by atoms with Crippen molar-refractivity contribution in [2.45, 2.75) is 26.3 Å². The minimum Gasteiger partial charge on any atom is -0.370 e. The molecule has 0 spiro atoms. The first-order chi connectivity index (χ1) is 7.59. The summed E-state index contributed by atoms with van der Waals surface area (Å²) in [5.74, 6) is -0.254. The summed E-state index contributed by atoms with van der Waals surface area (Å²) >= 11 is 6.08. The molecule has 1 aromatic carbocycles. The van der Waals surface area contributed by atoms with Crippen LogP contribution in [0.2, 0.25) is 5.02 Å². The van der Waals surface area contributed by atoms with Crippen molar-refractivity contribution in [3.05, 3.63) is 34.3 Å². The van der Waals surface area contributed by atoms with Gasteiger partial charge in [0.05, 0.1) is 0 Å². The fourth-order valence-electron chi connectivity index (χ4n) is 1.41. The molecule has 0 radical (unpaired) electrons. The number of rotatable bonds is 6. The van der Waals surface area contributed by atoms with E-state index in [9.17, 15) is 4.79 Å². The summed E-state index contributed by atoms with van der Waals surface area (Å²) < 4.78 is 0. The molecule has 88 valence electrons. The molecule has 0 fully saturated rings. The number of nitrogens with two attached hydrogens (primary N) is 1. The highest BCUT2D eigenvalue weighted by atomic mass is 35.5. The van der Waals surface area contributed by atoms with E-state index in [0.29, 0.717) is 6.42 Å². The Hall–Kier alpha value is -1.06. The quantitative estimate of drug-likeness (QED) is 0.748. The van der Waals surface area contributed by atoms with Gasteiger partial charge < -0.3 is 11.1 Å². The predicted molar refractivity (Wildman–Crippen MR) is 66.3 cm³/mol. The van der Waals surface area contributed by atoms with E-state index in [0.717, 1.165) is 35.7 Å². The van der Waals surface area contributed by atoms with Gasteiger partial charge in [-0.1, -0.05) is 23.7 Å². The van der Waals surface area contributed by atoms with Crippen molar-refractivity contribution in [3.63, 3.8) is 0 Å². The average Bonchev–Trinajstić information content (AvgIpc) is 2.20. The second-order valence-corrected chi connectivity index (χ2v) is 4.25. The summed E-state index contributed by atoms with van der Waals surface area (Å²) in [5, 5.41) is 4.01. The summed E-state index contributed by atoms with van der Waals surface area (Å²) in [6.07, 6.45) is 1.19. The number of nitrogens with one attached hydrogen (secondary N) is 1. The van der Waals surface area contributed by atoms with Gasteiger partial charge in [0.25, 0.3) is 0 Å². The molecule has 0 saturated heterocycles. The van der Waals surface area contributed by atoms with Gasteiger partial charge in [0.2, 0.25) is 5.91 Å². The maximum Gasteiger partial charge on any atom is 0.217 e. The van der Waals surface area contributed by atoms with Crippen LogP contribution in [-0.4, -0.2) is 12.5 Å². The monoisotopic (exact) mass is 240 g/mol. The van der Waals surface area contributed by atoms with E-state index in [1.807, 2.05) is 25.1 Å². The van der Waals surface area contributed by atoms with Gasteiger partial charge in [0.1, 0.15) is 0 Å². The lowest BCUT2D eigenvalue weighted by Gasteiger charge is -2.06. The lowest BCUT2D eigenvalue weighted by atomic mass is 10.1. The first-order valence-corrected chi connectivity index (χ1v) is 5.71. The van der Waals surface area contributed by atoms with Crippen LogP contribution < -0.4 is 11.1 Å². The molecule has 3 nitrogen and oxygen atoms in total. The number of amides is 1. The first kappa shape index (κ1) is 13.0. The van der Waals surface area contributed by atoms with Gasteiger partial charge in [-0.25, -0.2) is 0 Å². The van der Waals surface area contributed by atoms with E-state index in [4.69, 9.17) is 17.3 Å². The summed E-state index contributed by atoms with van der Waals surface area (Å²) in [6, 6.07) is 5.99. The number of carbonyl (C=O) groups is 1. The second kappa shape index (κ2) is 6.51. The zero-order chi connectivity index (χ0) is 12.0. The highest BCUT2D eigenvalue weighted by Gasteiger charge is 2.00. The van der Waals surface area contributed by atoms with Crippen LogP contribution in [0, 0.1) is 6.92 Å². The van der Waals surface area contributed by atoms with Gasteiger partial charge in [0, 0.05) is 18.0 Å². The Bertz CT molecular complexity index is 366. The first-order valence-electron chi connectivity index (χ1n) is 5.33. The molecular weight excluding hydrogens is 224 g/mol. The number of benzene rings is 1. The van der Waals surface area contributed by atoms with E-state index >= 15 is 0 Å². The predicted octanol–water partition coefficient (Wildman–Crippen LogP) is 2.00. The molecule has 1 rings (SSSR count). The highest BCUT2D eigenvalue weighted by molar-refractivity contribution is 6.31. The fraction of sp³-hybridized carbons (Fsp3) is 0.417. The summed E-state index contributed by atoms with van der Waals surface area (Å²) in [7, 11) is 0. The molecule has 0 aliphatic carbocycles. The van der Waals surface area contributed by atoms with Crippen molar-refractivity contribution < 1.29 is 4.79 Å². The van der Waals surface area contributed by atoms with Gasteiger partial charge in [-0.2, -0.15) is 0 Å². The molecule has 1 aromatic rings. The third-order valence-electron chi connectivity index (χ3n) is 2.30. The minimum atomic E-state index is -0.254. The number of aryl methyl sites for hydroxylation is 1. The molecule has 16 heavy (non-hydrogen) atoms. The van der Waals surface area contributed by atoms with Gasteiger partial charge in [-0.15, -0.1) is 0 Å². The molecule has 0 aliphatic heterocycles. The Morgan fingerprint density at radius 3 is 2.88 bits per heavy atom. The van der Waals surface area contributed by atoms with E-state index in [1.54, 1.807) is 0 Å². The van der Waals surface area contributed by atoms with Crippen LogP contribution in [0.1, 0.15) is 24.0 Å². The number of primary amides is 1. The molecule has 0 unspecified atom stereocenters. The largest absolute Gasteiger partial charge is 0.370 e. The second-order valence-electron chi connectivity index (χ2n) is 3.84. The van der Waals surface area contributed by atoms with Crippen LogP contribution in [0.3, 0.4) is 0 Å². The maximum atomic E-state index is 10.5. The van der Waals surface area contributed by atoms with Crippen molar-refractivity contribution in [1.29, 1.82) is 0 Å². The topological polar surface area (TPSA) is 55.1 Å². The number of halogens is 1. The fourth-order valence-corrected chi connectivity index (χ4v) is 1.71. The van der Waals surface area contributed by atoms with E-state index < -0.39 is 0 Å². The summed E-state index contributed by atoms with van der Waals surface area (Å²) in [4.78, 5) is 10.5. The minimum absolute atomic E-state index is 0.254. The number of carbonyl (C=O) groups excluding carboxylic acids is 1. The number of hydrogen-bond acceptors (Lipinski definition) is 2. The van der Waals surface area contributed by atoms with Crippen molar-refractivity contribution >= 4 is 17.5 Å². The third kappa shape index (κ3) is 4.64. The molecule has 0 saturated carbocycles. The van der Waals surface area contributed by atoms with Gasteiger partial charge in [-0.3, -0.25) is 4.79 Å². The van der Waals surface area contributed by atoms with Crippen molar-refractivity contribution in [1.82, 2.24) is 5.32 Å². The Balaban J connectivity index is 2.29. The summed E-state index contributed by atoms with van der Waals surface area (Å²) in [5.41, 5.74) is 7.27. The lowest BCUT2D eigenvalue weighted by molar-refractivity contribution is -0.118. The zero-order valence-corrected chi connectivity index (χ0v) is 10.2. The van der Waals surface area contributed by atoms with Gasteiger partial charge >= 0.3 is 0 Å². The Labute approximate surface area is 101 Å². The van der Waals surface area contributed by atoms with Crippen molar-refractivity contribution in [2.24, 2.45) is 5.73 Å². The van der Waals surface area contributed by atoms with E-state index in [1.165, 1.54) is 0 Å². The zero-order valence-electron chi connectivity index (χ0n) is 9.42. The Morgan fingerprint density at radius 1 is 1.50 bits per heavy atom. The van der Waals surface area contributed by atoms with Crippen molar-refractivity contribution in [3.8, 4) is 0 Å². The summed E-state index contributed by atoms with van der Waals surface area (Å²) in [6.45, 7) is 3.50. The SMILES string of the molecule is Cc1ccc(CNCCCC(N)=O)c(Cl)c1. The smallest absolute Gasteiger partial charge is 0.217 e. The van der Waals surface area contributed by atoms with Crippen LogP contribution in [-0.2, 0) is 11.3 Å². The number of hydrogen-bond donors (Lipinski definition) is 2. The molecule has 0 aliphatic rings. The van der Waals surface area contributed by atoms with Crippen molar-refractivity contribution in [2.75, 3.05) is 6.54 Å². The Morgan fingerprint density at radius 2 is 2.25 bits per heavy atom. The molecule has 0 atom stereocenters. The molecule has 4 heteroatoms. The average molecular weight is 241 g/mol. The molecular formula is C12H17ClN2O. The Kier molecular flexibility index (Phi) is 5.29.